The molecule has 0 spiro atoms. The minimum atomic E-state index is -3.45. The number of carbonyl (C=O) groups is 1. The van der Waals surface area contributed by atoms with Gasteiger partial charge in [-0.3, -0.25) is 4.79 Å². The monoisotopic (exact) mass is 344 g/mol. The summed E-state index contributed by atoms with van der Waals surface area (Å²) in [6, 6.07) is 6.34. The van der Waals surface area contributed by atoms with Crippen molar-refractivity contribution >= 4 is 15.9 Å². The third-order valence-corrected chi connectivity index (χ3v) is 4.97. The Kier molecular flexibility index (Phi) is 7.64. The summed E-state index contributed by atoms with van der Waals surface area (Å²) in [5.74, 6) is -0.533. The summed E-state index contributed by atoms with van der Waals surface area (Å²) in [5, 5.41) is 2.80. The number of hydrogen-bond donors (Lipinski definition) is 1. The Morgan fingerprint density at radius 2 is 1.96 bits per heavy atom. The third kappa shape index (κ3) is 7.09. The Morgan fingerprint density at radius 1 is 1.30 bits per heavy atom. The van der Waals surface area contributed by atoms with Gasteiger partial charge < -0.3 is 5.32 Å². The number of carbonyl (C=O) groups excluding carboxylic acids is 1. The standard InChI is InChI=1S/C16H25FN2O3S/c1-4-13(2)18-16(20)10-12-19(23(3,21)22)11-9-14-7-5-6-8-15(14)17/h5-8,13H,4,9-12H2,1-3H3,(H,18,20). The van der Waals surface area contributed by atoms with Gasteiger partial charge in [0.05, 0.1) is 6.26 Å². The normalized spacial score (nSPS) is 13.1. The van der Waals surface area contributed by atoms with E-state index in [-0.39, 0.29) is 43.7 Å². The zero-order valence-corrected chi connectivity index (χ0v) is 14.7. The molecule has 1 N–H and O–H groups in total. The molecule has 0 saturated heterocycles. The number of amides is 1. The Bertz CT molecular complexity index is 620. The molecule has 5 nitrogen and oxygen atoms in total. The SMILES string of the molecule is CCC(C)NC(=O)CCN(CCc1ccccc1F)S(C)(=O)=O. The molecular weight excluding hydrogens is 319 g/mol. The highest BCUT2D eigenvalue weighted by molar-refractivity contribution is 7.88. The summed E-state index contributed by atoms with van der Waals surface area (Å²) in [6.45, 7) is 4.10. The van der Waals surface area contributed by atoms with Crippen LogP contribution in [-0.2, 0) is 21.2 Å². The van der Waals surface area contributed by atoms with E-state index in [1.54, 1.807) is 18.2 Å². The fourth-order valence-electron chi connectivity index (χ4n) is 2.07. The topological polar surface area (TPSA) is 66.5 Å². The summed E-state index contributed by atoms with van der Waals surface area (Å²) in [6.07, 6.45) is 2.27. The molecule has 7 heteroatoms. The number of benzene rings is 1. The van der Waals surface area contributed by atoms with Crippen molar-refractivity contribution in [1.82, 2.24) is 9.62 Å². The van der Waals surface area contributed by atoms with Gasteiger partial charge in [0.15, 0.2) is 0 Å². The van der Waals surface area contributed by atoms with Crippen LogP contribution >= 0.6 is 0 Å². The number of nitrogens with zero attached hydrogens (tertiary/aromatic N) is 1. The number of rotatable bonds is 9. The molecule has 0 saturated carbocycles. The predicted molar refractivity (Wildman–Crippen MR) is 89.0 cm³/mol. The van der Waals surface area contributed by atoms with Gasteiger partial charge >= 0.3 is 0 Å². The zero-order chi connectivity index (χ0) is 17.5. The van der Waals surface area contributed by atoms with Crippen molar-refractivity contribution in [1.29, 1.82) is 0 Å². The molecule has 0 bridgehead atoms. The van der Waals surface area contributed by atoms with Crippen molar-refractivity contribution in [2.24, 2.45) is 0 Å². The third-order valence-electron chi connectivity index (χ3n) is 3.67. The molecule has 0 fully saturated rings. The van der Waals surface area contributed by atoms with E-state index in [0.717, 1.165) is 12.7 Å². The van der Waals surface area contributed by atoms with E-state index in [9.17, 15) is 17.6 Å². The molecule has 1 aromatic carbocycles. The summed E-state index contributed by atoms with van der Waals surface area (Å²) >= 11 is 0. The molecule has 0 aliphatic rings. The molecular formula is C16H25FN2O3S. The largest absolute Gasteiger partial charge is 0.354 e. The van der Waals surface area contributed by atoms with Crippen LogP contribution in [0.2, 0.25) is 0 Å². The predicted octanol–water partition coefficient (Wildman–Crippen LogP) is 1.93. The van der Waals surface area contributed by atoms with Gasteiger partial charge in [-0.2, -0.15) is 0 Å². The Labute approximate surface area is 137 Å². The highest BCUT2D eigenvalue weighted by atomic mass is 32.2. The second-order valence-corrected chi connectivity index (χ2v) is 7.61. The van der Waals surface area contributed by atoms with Crippen LogP contribution in [0.1, 0.15) is 32.3 Å². The number of nitrogens with one attached hydrogen (secondary N) is 1. The first kappa shape index (κ1) is 19.6. The first-order valence-corrected chi connectivity index (χ1v) is 9.56. The highest BCUT2D eigenvalue weighted by Gasteiger charge is 2.18. The molecule has 1 rings (SSSR count). The smallest absolute Gasteiger partial charge is 0.221 e. The van der Waals surface area contributed by atoms with E-state index in [2.05, 4.69) is 5.32 Å². The number of halogens is 1. The lowest BCUT2D eigenvalue weighted by atomic mass is 10.1. The maximum absolute atomic E-state index is 13.6. The number of sulfonamides is 1. The second kappa shape index (κ2) is 8.98. The Balaban J connectivity index is 2.61. The Hall–Kier alpha value is -1.47. The molecule has 0 aliphatic carbocycles. The average molecular weight is 344 g/mol. The molecule has 23 heavy (non-hydrogen) atoms. The summed E-state index contributed by atoms with van der Waals surface area (Å²) in [7, 11) is -3.45. The molecule has 1 atom stereocenters. The summed E-state index contributed by atoms with van der Waals surface area (Å²) in [4.78, 5) is 11.8. The van der Waals surface area contributed by atoms with Crippen LogP contribution < -0.4 is 5.32 Å². The lowest BCUT2D eigenvalue weighted by Gasteiger charge is -2.20. The van der Waals surface area contributed by atoms with Gasteiger partial charge in [0, 0.05) is 25.6 Å². The molecule has 1 aromatic rings. The number of hydrogen-bond acceptors (Lipinski definition) is 3. The van der Waals surface area contributed by atoms with Crippen LogP contribution in [0.15, 0.2) is 24.3 Å². The van der Waals surface area contributed by atoms with E-state index < -0.39 is 10.0 Å². The average Bonchev–Trinajstić information content (AvgIpc) is 2.47. The van der Waals surface area contributed by atoms with E-state index in [1.165, 1.54) is 10.4 Å². The van der Waals surface area contributed by atoms with Crippen LogP contribution in [0.25, 0.3) is 0 Å². The maximum Gasteiger partial charge on any atom is 0.221 e. The van der Waals surface area contributed by atoms with Crippen LogP contribution in [0.3, 0.4) is 0 Å². The van der Waals surface area contributed by atoms with Gasteiger partial charge in [-0.25, -0.2) is 17.1 Å². The summed E-state index contributed by atoms with van der Waals surface area (Å²) < 4.78 is 38.5. The first-order valence-electron chi connectivity index (χ1n) is 7.72. The van der Waals surface area contributed by atoms with Crippen molar-refractivity contribution < 1.29 is 17.6 Å². The van der Waals surface area contributed by atoms with E-state index in [1.807, 2.05) is 13.8 Å². The molecule has 0 radical (unpaired) electrons. The zero-order valence-electron chi connectivity index (χ0n) is 13.9. The fraction of sp³-hybridized carbons (Fsp3) is 0.562. The minimum Gasteiger partial charge on any atom is -0.354 e. The molecule has 130 valence electrons. The van der Waals surface area contributed by atoms with Crippen LogP contribution in [0.5, 0.6) is 0 Å². The van der Waals surface area contributed by atoms with Crippen molar-refractivity contribution in [2.45, 2.75) is 39.2 Å². The van der Waals surface area contributed by atoms with Crippen molar-refractivity contribution in [2.75, 3.05) is 19.3 Å². The second-order valence-electron chi connectivity index (χ2n) is 5.63. The van der Waals surface area contributed by atoms with Crippen LogP contribution in [-0.4, -0.2) is 44.0 Å². The molecule has 1 amide bonds. The molecule has 0 heterocycles. The first-order chi connectivity index (χ1) is 10.7. The van der Waals surface area contributed by atoms with Crippen molar-refractivity contribution in [3.63, 3.8) is 0 Å². The van der Waals surface area contributed by atoms with Gasteiger partial charge in [-0.15, -0.1) is 0 Å². The van der Waals surface area contributed by atoms with Gasteiger partial charge in [0.1, 0.15) is 5.82 Å². The fourth-order valence-corrected chi connectivity index (χ4v) is 2.91. The maximum atomic E-state index is 13.6. The van der Waals surface area contributed by atoms with Crippen molar-refractivity contribution in [3.05, 3.63) is 35.6 Å². The van der Waals surface area contributed by atoms with Crippen LogP contribution in [0, 0.1) is 5.82 Å². The van der Waals surface area contributed by atoms with Gasteiger partial charge in [-0.1, -0.05) is 25.1 Å². The van der Waals surface area contributed by atoms with Gasteiger partial charge in [0.25, 0.3) is 0 Å². The highest BCUT2D eigenvalue weighted by Crippen LogP contribution is 2.10. The molecule has 0 aromatic heterocycles. The quantitative estimate of drug-likeness (QED) is 0.744. The molecule has 1 unspecified atom stereocenters. The minimum absolute atomic E-state index is 0.0626. The van der Waals surface area contributed by atoms with E-state index in [4.69, 9.17) is 0 Å². The lowest BCUT2D eigenvalue weighted by Crippen LogP contribution is -2.38. The van der Waals surface area contributed by atoms with E-state index >= 15 is 0 Å². The van der Waals surface area contributed by atoms with Crippen LogP contribution in [0.4, 0.5) is 4.39 Å². The summed E-state index contributed by atoms with van der Waals surface area (Å²) in [5.41, 5.74) is 0.463. The Morgan fingerprint density at radius 3 is 2.52 bits per heavy atom. The van der Waals surface area contributed by atoms with E-state index in [0.29, 0.717) is 5.56 Å². The lowest BCUT2D eigenvalue weighted by molar-refractivity contribution is -0.121. The van der Waals surface area contributed by atoms with Gasteiger partial charge in [-0.05, 0) is 31.4 Å². The van der Waals surface area contributed by atoms with Crippen molar-refractivity contribution in [3.8, 4) is 0 Å². The van der Waals surface area contributed by atoms with Gasteiger partial charge in [0.2, 0.25) is 15.9 Å². The molecule has 0 aliphatic heterocycles.